The molecular weight excluding hydrogens is 182 g/mol. The van der Waals surface area contributed by atoms with Gasteiger partial charge < -0.3 is 16.0 Å². The van der Waals surface area contributed by atoms with Gasteiger partial charge in [-0.15, -0.1) is 0 Å². The van der Waals surface area contributed by atoms with E-state index < -0.39 is 0 Å². The van der Waals surface area contributed by atoms with Crippen molar-refractivity contribution in [2.45, 2.75) is 25.8 Å². The molecule has 0 bridgehead atoms. The molecule has 0 radical (unpaired) electrons. The van der Waals surface area contributed by atoms with Crippen LogP contribution in [0.25, 0.3) is 0 Å². The Morgan fingerprint density at radius 2 is 2.00 bits per heavy atom. The second kappa shape index (κ2) is 4.95. The normalized spacial score (nSPS) is 18.0. The average Bonchev–Trinajstić information content (AvgIpc) is 2.15. The van der Waals surface area contributed by atoms with Crippen LogP contribution in [0, 0.1) is 0 Å². The molecule has 2 amide bonds. The number of amides is 2. The van der Waals surface area contributed by atoms with Crippen molar-refractivity contribution >= 4 is 11.8 Å². The van der Waals surface area contributed by atoms with Crippen LogP contribution in [0.2, 0.25) is 0 Å². The van der Waals surface area contributed by atoms with Gasteiger partial charge >= 0.3 is 0 Å². The third-order valence-corrected chi connectivity index (χ3v) is 2.38. The smallest absolute Gasteiger partial charge is 0.241 e. The zero-order valence-electron chi connectivity index (χ0n) is 8.45. The predicted molar refractivity (Wildman–Crippen MR) is 52.5 cm³/mol. The Hall–Kier alpha value is -1.10. The summed E-state index contributed by atoms with van der Waals surface area (Å²) in [5.74, 6) is -0.195. The number of nitrogens with zero attached hydrogens (tertiary/aromatic N) is 1. The van der Waals surface area contributed by atoms with Gasteiger partial charge in [0.1, 0.15) is 0 Å². The zero-order chi connectivity index (χ0) is 10.6. The molecule has 1 aliphatic heterocycles. The van der Waals surface area contributed by atoms with Crippen LogP contribution < -0.4 is 11.1 Å². The fourth-order valence-electron chi connectivity index (χ4n) is 1.46. The number of carbonyl (C=O) groups excluding carboxylic acids is 2. The summed E-state index contributed by atoms with van der Waals surface area (Å²) in [4.78, 5) is 23.8. The lowest BCUT2D eigenvalue weighted by molar-refractivity contribution is -0.133. The predicted octanol–water partition coefficient (Wildman–Crippen LogP) is -0.928. The van der Waals surface area contributed by atoms with Gasteiger partial charge in [-0.1, -0.05) is 0 Å². The van der Waals surface area contributed by atoms with Crippen molar-refractivity contribution in [2.75, 3.05) is 19.6 Å². The van der Waals surface area contributed by atoms with Crippen LogP contribution >= 0.6 is 0 Å². The molecule has 1 rings (SSSR count). The molecule has 0 aromatic heterocycles. The van der Waals surface area contributed by atoms with Gasteiger partial charge in [0.15, 0.2) is 0 Å². The molecule has 14 heavy (non-hydrogen) atoms. The molecule has 5 nitrogen and oxygen atoms in total. The van der Waals surface area contributed by atoms with Crippen LogP contribution in [0.1, 0.15) is 19.8 Å². The highest BCUT2D eigenvalue weighted by Gasteiger charge is 2.19. The Kier molecular flexibility index (Phi) is 3.88. The molecule has 0 spiro atoms. The average molecular weight is 199 g/mol. The third kappa shape index (κ3) is 3.33. The molecule has 0 unspecified atom stereocenters. The van der Waals surface area contributed by atoms with Crippen molar-refractivity contribution in [3.8, 4) is 0 Å². The highest BCUT2D eigenvalue weighted by Crippen LogP contribution is 2.07. The highest BCUT2D eigenvalue weighted by atomic mass is 16.2. The number of rotatable bonds is 2. The highest BCUT2D eigenvalue weighted by molar-refractivity contribution is 5.83. The van der Waals surface area contributed by atoms with Crippen LogP contribution in [0.15, 0.2) is 0 Å². The fourth-order valence-corrected chi connectivity index (χ4v) is 1.46. The Morgan fingerprint density at radius 1 is 1.43 bits per heavy atom. The first-order chi connectivity index (χ1) is 6.59. The largest absolute Gasteiger partial charge is 0.347 e. The number of hydrogen-bond donors (Lipinski definition) is 2. The molecule has 0 aromatic rings. The molecule has 1 fully saturated rings. The summed E-state index contributed by atoms with van der Waals surface area (Å²) in [6.07, 6.45) is 1.71. The third-order valence-electron chi connectivity index (χ3n) is 2.38. The van der Waals surface area contributed by atoms with Gasteiger partial charge in [-0.2, -0.15) is 0 Å². The number of hydrogen-bond acceptors (Lipinski definition) is 3. The van der Waals surface area contributed by atoms with Crippen molar-refractivity contribution in [1.29, 1.82) is 0 Å². The standard InChI is InChI=1S/C9H17N3O2/c1-7(13)11-6-9(14)12-4-2-8(10)3-5-12/h8H,2-6,10H2,1H3,(H,11,13). The van der Waals surface area contributed by atoms with Gasteiger partial charge in [0, 0.05) is 26.1 Å². The van der Waals surface area contributed by atoms with Crippen LogP contribution in [-0.2, 0) is 9.59 Å². The number of piperidine rings is 1. The Morgan fingerprint density at radius 3 is 2.50 bits per heavy atom. The minimum absolute atomic E-state index is 0.0212. The quantitative estimate of drug-likeness (QED) is 0.603. The SMILES string of the molecule is CC(=O)NCC(=O)N1CCC(N)CC1. The first-order valence-corrected chi connectivity index (χ1v) is 4.87. The van der Waals surface area contributed by atoms with Gasteiger partial charge in [-0.25, -0.2) is 0 Å². The second-order valence-corrected chi connectivity index (χ2v) is 3.63. The lowest BCUT2D eigenvalue weighted by atomic mass is 10.1. The van der Waals surface area contributed by atoms with E-state index in [1.54, 1.807) is 4.90 Å². The summed E-state index contributed by atoms with van der Waals surface area (Å²) in [5, 5.41) is 2.49. The fraction of sp³-hybridized carbons (Fsp3) is 0.778. The van der Waals surface area contributed by atoms with E-state index in [1.165, 1.54) is 6.92 Å². The summed E-state index contributed by atoms with van der Waals surface area (Å²) < 4.78 is 0. The second-order valence-electron chi connectivity index (χ2n) is 3.63. The molecule has 0 atom stereocenters. The molecular formula is C9H17N3O2. The number of carbonyl (C=O) groups is 2. The summed E-state index contributed by atoms with van der Waals surface area (Å²) >= 11 is 0. The van der Waals surface area contributed by atoms with Crippen molar-refractivity contribution in [1.82, 2.24) is 10.2 Å². The van der Waals surface area contributed by atoms with E-state index in [1.807, 2.05) is 0 Å². The van der Waals surface area contributed by atoms with E-state index in [-0.39, 0.29) is 24.4 Å². The summed E-state index contributed by atoms with van der Waals surface area (Å²) in [6.45, 7) is 2.92. The number of nitrogens with one attached hydrogen (secondary N) is 1. The molecule has 0 aliphatic carbocycles. The monoisotopic (exact) mass is 199 g/mol. The summed E-state index contributed by atoms with van der Waals surface area (Å²) in [5.41, 5.74) is 5.71. The van der Waals surface area contributed by atoms with Gasteiger partial charge in [-0.05, 0) is 12.8 Å². The van der Waals surface area contributed by atoms with Crippen molar-refractivity contribution < 1.29 is 9.59 Å². The van der Waals surface area contributed by atoms with Gasteiger partial charge in [0.25, 0.3) is 0 Å². The van der Waals surface area contributed by atoms with E-state index in [4.69, 9.17) is 5.73 Å². The molecule has 1 heterocycles. The Bertz CT molecular complexity index is 222. The van der Waals surface area contributed by atoms with Gasteiger partial charge in [0.05, 0.1) is 6.54 Å². The minimum atomic E-state index is -0.174. The topological polar surface area (TPSA) is 75.4 Å². The van der Waals surface area contributed by atoms with Crippen LogP contribution in [-0.4, -0.2) is 42.4 Å². The molecule has 0 aromatic carbocycles. The Labute approximate surface area is 83.6 Å². The number of likely N-dealkylation sites (tertiary alicyclic amines) is 1. The molecule has 1 aliphatic rings. The summed E-state index contributed by atoms with van der Waals surface area (Å²) in [6, 6.07) is 0.222. The maximum atomic E-state index is 11.5. The molecule has 3 N–H and O–H groups in total. The molecule has 1 saturated heterocycles. The van der Waals surface area contributed by atoms with E-state index in [9.17, 15) is 9.59 Å². The maximum absolute atomic E-state index is 11.5. The first-order valence-electron chi connectivity index (χ1n) is 4.87. The zero-order valence-corrected chi connectivity index (χ0v) is 8.45. The van der Waals surface area contributed by atoms with Crippen molar-refractivity contribution in [3.05, 3.63) is 0 Å². The van der Waals surface area contributed by atoms with E-state index in [0.717, 1.165) is 12.8 Å². The van der Waals surface area contributed by atoms with Crippen LogP contribution in [0.3, 0.4) is 0 Å². The Balaban J connectivity index is 2.27. The summed E-state index contributed by atoms with van der Waals surface area (Å²) in [7, 11) is 0. The van der Waals surface area contributed by atoms with E-state index >= 15 is 0 Å². The van der Waals surface area contributed by atoms with E-state index in [2.05, 4.69) is 5.32 Å². The molecule has 5 heteroatoms. The lowest BCUT2D eigenvalue weighted by Crippen LogP contribution is -2.46. The van der Waals surface area contributed by atoms with E-state index in [0.29, 0.717) is 13.1 Å². The molecule has 80 valence electrons. The van der Waals surface area contributed by atoms with Crippen molar-refractivity contribution in [3.63, 3.8) is 0 Å². The minimum Gasteiger partial charge on any atom is -0.347 e. The molecule has 0 saturated carbocycles. The van der Waals surface area contributed by atoms with Gasteiger partial charge in [-0.3, -0.25) is 9.59 Å². The maximum Gasteiger partial charge on any atom is 0.241 e. The van der Waals surface area contributed by atoms with Crippen molar-refractivity contribution in [2.24, 2.45) is 5.73 Å². The van der Waals surface area contributed by atoms with Gasteiger partial charge in [0.2, 0.25) is 11.8 Å². The van der Waals surface area contributed by atoms with Crippen LogP contribution in [0.5, 0.6) is 0 Å². The first kappa shape index (κ1) is 11.0. The van der Waals surface area contributed by atoms with Crippen LogP contribution in [0.4, 0.5) is 0 Å². The lowest BCUT2D eigenvalue weighted by Gasteiger charge is -2.30. The number of nitrogens with two attached hydrogens (primary N) is 1.